The number of aromatic nitrogens is 2. The van der Waals surface area contributed by atoms with E-state index < -0.39 is 5.91 Å². The predicted molar refractivity (Wildman–Crippen MR) is 107 cm³/mol. The number of amides is 1. The summed E-state index contributed by atoms with van der Waals surface area (Å²) in [7, 11) is 0. The number of ether oxygens (including phenoxy) is 2. The first-order valence-corrected chi connectivity index (χ1v) is 9.41. The Balaban J connectivity index is 1.76. The van der Waals surface area contributed by atoms with Gasteiger partial charge in [-0.05, 0) is 41.0 Å². The molecule has 1 atom stereocenters. The van der Waals surface area contributed by atoms with Crippen LogP contribution in [-0.4, -0.2) is 40.5 Å². The minimum absolute atomic E-state index is 0.0862. The first-order valence-electron chi connectivity index (χ1n) is 9.41. The summed E-state index contributed by atoms with van der Waals surface area (Å²) in [5, 5.41) is 0. The number of carbonyl (C=O) groups is 1. The lowest BCUT2D eigenvalue weighted by Crippen LogP contribution is -2.37. The van der Waals surface area contributed by atoms with E-state index in [9.17, 15) is 4.79 Å². The molecule has 1 aromatic carbocycles. The van der Waals surface area contributed by atoms with Gasteiger partial charge in [-0.2, -0.15) is 0 Å². The first-order chi connectivity index (χ1) is 14.2. The summed E-state index contributed by atoms with van der Waals surface area (Å²) in [5.74, 6) is 1.02. The van der Waals surface area contributed by atoms with Crippen molar-refractivity contribution in [1.82, 2.24) is 14.9 Å². The third-order valence-corrected chi connectivity index (χ3v) is 4.71. The summed E-state index contributed by atoms with van der Waals surface area (Å²) < 4.78 is 11.4. The topological polar surface area (TPSA) is 90.6 Å². The van der Waals surface area contributed by atoms with Crippen LogP contribution in [0.4, 0.5) is 0 Å². The Morgan fingerprint density at radius 3 is 2.45 bits per heavy atom. The number of hydrogen-bond donors (Lipinski definition) is 1. The summed E-state index contributed by atoms with van der Waals surface area (Å²) in [6.07, 6.45) is 7.04. The van der Waals surface area contributed by atoms with Crippen LogP contribution in [0.5, 0.6) is 11.5 Å². The van der Waals surface area contributed by atoms with Gasteiger partial charge >= 0.3 is 0 Å². The van der Waals surface area contributed by atoms with Gasteiger partial charge in [0.1, 0.15) is 13.2 Å². The molecule has 1 unspecified atom stereocenters. The molecule has 0 bridgehead atoms. The van der Waals surface area contributed by atoms with Crippen molar-refractivity contribution in [3.05, 3.63) is 83.9 Å². The van der Waals surface area contributed by atoms with Gasteiger partial charge in [-0.3, -0.25) is 19.7 Å². The third-order valence-electron chi connectivity index (χ3n) is 4.71. The molecule has 0 saturated heterocycles. The molecule has 0 fully saturated rings. The number of pyridine rings is 2. The Labute approximate surface area is 169 Å². The highest BCUT2D eigenvalue weighted by Crippen LogP contribution is 2.37. The minimum atomic E-state index is -0.402. The molecule has 7 heteroatoms. The van der Waals surface area contributed by atoms with Crippen LogP contribution in [0.15, 0.2) is 67.3 Å². The maximum atomic E-state index is 11.9. The second kappa shape index (κ2) is 8.70. The van der Waals surface area contributed by atoms with Crippen molar-refractivity contribution < 1.29 is 14.3 Å². The van der Waals surface area contributed by atoms with E-state index in [0.29, 0.717) is 25.5 Å². The van der Waals surface area contributed by atoms with Crippen molar-refractivity contribution in [3.63, 3.8) is 0 Å². The Morgan fingerprint density at radius 2 is 1.76 bits per heavy atom. The molecule has 0 spiro atoms. The first kappa shape index (κ1) is 18.9. The van der Waals surface area contributed by atoms with Crippen molar-refractivity contribution in [2.75, 3.05) is 19.8 Å². The molecule has 0 aliphatic carbocycles. The van der Waals surface area contributed by atoms with Crippen LogP contribution in [0.25, 0.3) is 0 Å². The van der Waals surface area contributed by atoms with E-state index >= 15 is 0 Å². The molecule has 148 valence electrons. The average molecular weight is 390 g/mol. The number of hydrogen-bond acceptors (Lipinski definition) is 6. The molecule has 0 radical (unpaired) electrons. The van der Waals surface area contributed by atoms with Gasteiger partial charge in [-0.1, -0.05) is 18.2 Å². The molecule has 29 heavy (non-hydrogen) atoms. The highest BCUT2D eigenvalue weighted by Gasteiger charge is 2.26. The Hall–Kier alpha value is -3.45. The van der Waals surface area contributed by atoms with Crippen molar-refractivity contribution in [2.45, 2.75) is 12.6 Å². The van der Waals surface area contributed by atoms with Gasteiger partial charge in [0, 0.05) is 31.3 Å². The maximum absolute atomic E-state index is 11.9. The average Bonchev–Trinajstić information content (AvgIpc) is 2.75. The fourth-order valence-electron chi connectivity index (χ4n) is 3.55. The number of fused-ring (bicyclic) bond motifs is 1. The number of carbonyl (C=O) groups excluding carboxylic acids is 1. The van der Waals surface area contributed by atoms with Crippen molar-refractivity contribution >= 4 is 5.91 Å². The van der Waals surface area contributed by atoms with Crippen LogP contribution in [0.1, 0.15) is 22.7 Å². The zero-order valence-corrected chi connectivity index (χ0v) is 15.9. The SMILES string of the molecule is NC(=O)CN(Cc1cccnc1)C(c1cccnc1)c1ccc2c(c1)OCCO2. The van der Waals surface area contributed by atoms with E-state index in [4.69, 9.17) is 15.2 Å². The Kier molecular flexibility index (Phi) is 5.67. The maximum Gasteiger partial charge on any atom is 0.231 e. The zero-order chi connectivity index (χ0) is 20.1. The number of nitrogens with zero attached hydrogens (tertiary/aromatic N) is 3. The second-order valence-corrected chi connectivity index (χ2v) is 6.82. The van der Waals surface area contributed by atoms with E-state index in [1.54, 1.807) is 24.8 Å². The van der Waals surface area contributed by atoms with E-state index in [0.717, 1.165) is 22.4 Å². The highest BCUT2D eigenvalue weighted by molar-refractivity contribution is 5.76. The Bertz CT molecular complexity index is 966. The fourth-order valence-corrected chi connectivity index (χ4v) is 3.55. The van der Waals surface area contributed by atoms with E-state index in [1.807, 2.05) is 47.4 Å². The quantitative estimate of drug-likeness (QED) is 0.666. The summed E-state index contributed by atoms with van der Waals surface area (Å²) >= 11 is 0. The van der Waals surface area contributed by atoms with Gasteiger partial charge in [0.15, 0.2) is 11.5 Å². The van der Waals surface area contributed by atoms with Gasteiger partial charge in [0.2, 0.25) is 5.91 Å². The van der Waals surface area contributed by atoms with Gasteiger partial charge in [-0.15, -0.1) is 0 Å². The lowest BCUT2D eigenvalue weighted by Gasteiger charge is -2.32. The predicted octanol–water partition coefficient (Wildman–Crippen LogP) is 2.32. The molecule has 4 rings (SSSR count). The van der Waals surface area contributed by atoms with Gasteiger partial charge in [0.25, 0.3) is 0 Å². The smallest absolute Gasteiger partial charge is 0.231 e. The van der Waals surface area contributed by atoms with Gasteiger partial charge in [0.05, 0.1) is 12.6 Å². The van der Waals surface area contributed by atoms with Crippen LogP contribution in [0, 0.1) is 0 Å². The van der Waals surface area contributed by atoms with Crippen LogP contribution in [0.2, 0.25) is 0 Å². The normalized spacial score (nSPS) is 13.8. The minimum Gasteiger partial charge on any atom is -0.486 e. The van der Waals surface area contributed by atoms with Crippen molar-refractivity contribution in [1.29, 1.82) is 0 Å². The monoisotopic (exact) mass is 390 g/mol. The molecule has 3 heterocycles. The molecule has 7 nitrogen and oxygen atoms in total. The number of rotatable bonds is 7. The third kappa shape index (κ3) is 4.52. The van der Waals surface area contributed by atoms with Crippen molar-refractivity contribution in [3.8, 4) is 11.5 Å². The van der Waals surface area contributed by atoms with Crippen LogP contribution in [-0.2, 0) is 11.3 Å². The molecule has 2 aromatic heterocycles. The van der Waals surface area contributed by atoms with Crippen LogP contribution >= 0.6 is 0 Å². The largest absolute Gasteiger partial charge is 0.486 e. The second-order valence-electron chi connectivity index (χ2n) is 6.82. The molecular weight excluding hydrogens is 368 g/mol. The standard InChI is InChI=1S/C22H22N4O3/c23-21(27)15-26(14-16-3-1-7-24-12-16)22(18-4-2-8-25-13-18)17-5-6-19-20(11-17)29-10-9-28-19/h1-8,11-13,22H,9-10,14-15H2,(H2,23,27). The number of primary amides is 1. The summed E-state index contributed by atoms with van der Waals surface area (Å²) in [5.41, 5.74) is 8.50. The molecule has 3 aromatic rings. The van der Waals surface area contributed by atoms with E-state index in [2.05, 4.69) is 9.97 Å². The zero-order valence-electron chi connectivity index (χ0n) is 15.9. The van der Waals surface area contributed by atoms with Crippen molar-refractivity contribution in [2.24, 2.45) is 5.73 Å². The van der Waals surface area contributed by atoms with Crippen LogP contribution < -0.4 is 15.2 Å². The molecule has 1 aliphatic rings. The van der Waals surface area contributed by atoms with Gasteiger partial charge < -0.3 is 15.2 Å². The van der Waals surface area contributed by atoms with E-state index in [-0.39, 0.29) is 12.6 Å². The fraction of sp³-hybridized carbons (Fsp3) is 0.227. The van der Waals surface area contributed by atoms with Crippen LogP contribution in [0.3, 0.4) is 0 Å². The molecule has 2 N–H and O–H groups in total. The molecule has 0 saturated carbocycles. The Morgan fingerprint density at radius 1 is 1.00 bits per heavy atom. The number of nitrogens with two attached hydrogens (primary N) is 1. The molecule has 1 aliphatic heterocycles. The molecular formula is C22H22N4O3. The summed E-state index contributed by atoms with van der Waals surface area (Å²) in [6.45, 7) is 1.63. The summed E-state index contributed by atoms with van der Waals surface area (Å²) in [6, 6.07) is 13.3. The van der Waals surface area contributed by atoms with E-state index in [1.165, 1.54) is 0 Å². The number of benzene rings is 1. The lowest BCUT2D eigenvalue weighted by atomic mass is 9.97. The highest BCUT2D eigenvalue weighted by atomic mass is 16.6. The molecule has 1 amide bonds. The lowest BCUT2D eigenvalue weighted by molar-refractivity contribution is -0.119. The van der Waals surface area contributed by atoms with Gasteiger partial charge in [-0.25, -0.2) is 0 Å². The summed E-state index contributed by atoms with van der Waals surface area (Å²) in [4.78, 5) is 22.4.